The molecule has 4 amide bonds. The molecule has 0 saturated heterocycles. The number of Topliss-reactive ketones (excluding diaryl/α,β-unsaturated/α-hetero) is 2. The van der Waals surface area contributed by atoms with Crippen molar-refractivity contribution in [3.8, 4) is 17.2 Å². The fourth-order valence-electron chi connectivity index (χ4n) is 10.7. The van der Waals surface area contributed by atoms with E-state index in [9.17, 15) is 28.8 Å². The highest BCUT2D eigenvalue weighted by atomic mass is 16.5. The van der Waals surface area contributed by atoms with E-state index in [0.29, 0.717) is 96.1 Å². The molecule has 75 heavy (non-hydrogen) atoms. The molecule has 9 rings (SSSR count). The zero-order valence-electron chi connectivity index (χ0n) is 43.7. The number of hydrogen-bond acceptors (Lipinski definition) is 10. The van der Waals surface area contributed by atoms with E-state index < -0.39 is 12.0 Å². The molecule has 5 aromatic rings. The predicted molar refractivity (Wildman–Crippen MR) is 287 cm³/mol. The Balaban J connectivity index is 0.914. The third kappa shape index (κ3) is 11.5. The average molecular weight is 1020 g/mol. The fourth-order valence-corrected chi connectivity index (χ4v) is 10.7. The minimum atomic E-state index is -0.803. The SMILES string of the molecule is CCNCC(=O)CCCCC(=O)N[C@@H](C)C(=O)C[C@@H](C)C(=O)Nc1cc(COc2cc3c(cc2C)C(=O)N2c4ccccc4C[C@H]2[C-]=[N+]3C)cc(COc2cc3c(cc2OC)C(=O)N2c4ccccc4C[C@H]2CC3)c1. The number of unbranched alkanes of at least 4 members (excludes halogenated alkanes) is 1. The lowest BCUT2D eigenvalue weighted by molar-refractivity contribution is -0.401. The number of benzene rings is 5. The first-order chi connectivity index (χ1) is 36.2. The summed E-state index contributed by atoms with van der Waals surface area (Å²) in [4.78, 5) is 83.9. The molecule has 0 aliphatic carbocycles. The zero-order chi connectivity index (χ0) is 52.9. The predicted octanol–water partition coefficient (Wildman–Crippen LogP) is 8.26. The van der Waals surface area contributed by atoms with Gasteiger partial charge in [0.2, 0.25) is 17.7 Å². The number of fused-ring (bicyclic) bond motifs is 8. The summed E-state index contributed by atoms with van der Waals surface area (Å²) in [6.45, 7) is 8.30. The van der Waals surface area contributed by atoms with E-state index in [4.69, 9.17) is 14.2 Å². The average Bonchev–Trinajstić information content (AvgIpc) is 3.90. The maximum atomic E-state index is 14.2. The van der Waals surface area contributed by atoms with Gasteiger partial charge in [0.05, 0.1) is 25.4 Å². The minimum Gasteiger partial charge on any atom is -0.493 e. The van der Waals surface area contributed by atoms with Crippen molar-refractivity contribution in [2.24, 2.45) is 5.92 Å². The molecule has 0 bridgehead atoms. The van der Waals surface area contributed by atoms with Crippen LogP contribution in [0.2, 0.25) is 0 Å². The van der Waals surface area contributed by atoms with Crippen molar-refractivity contribution in [3.63, 3.8) is 0 Å². The van der Waals surface area contributed by atoms with E-state index in [2.05, 4.69) is 28.2 Å². The van der Waals surface area contributed by atoms with Gasteiger partial charge in [0.25, 0.3) is 5.91 Å². The van der Waals surface area contributed by atoms with Crippen LogP contribution in [0.1, 0.15) is 113 Å². The van der Waals surface area contributed by atoms with E-state index in [0.717, 1.165) is 40.9 Å². The summed E-state index contributed by atoms with van der Waals surface area (Å²) in [6.07, 6.45) is 8.03. The first kappa shape index (κ1) is 52.2. The van der Waals surface area contributed by atoms with Crippen molar-refractivity contribution in [3.05, 3.63) is 136 Å². The summed E-state index contributed by atoms with van der Waals surface area (Å²) in [7, 11) is 3.44. The van der Waals surface area contributed by atoms with Gasteiger partial charge in [0, 0.05) is 71.7 Å². The van der Waals surface area contributed by atoms with Gasteiger partial charge in [-0.15, -0.1) is 0 Å². The number of amides is 4. The van der Waals surface area contributed by atoms with Crippen molar-refractivity contribution in [2.45, 2.75) is 117 Å². The van der Waals surface area contributed by atoms with Gasteiger partial charge in [-0.25, -0.2) is 0 Å². The molecular weight excluding hydrogens is 949 g/mol. The van der Waals surface area contributed by atoms with Gasteiger partial charge in [-0.2, -0.15) is 0 Å². The lowest BCUT2D eigenvalue weighted by atomic mass is 9.99. The Morgan fingerprint density at radius 2 is 1.44 bits per heavy atom. The first-order valence-electron chi connectivity index (χ1n) is 26.1. The van der Waals surface area contributed by atoms with Crippen molar-refractivity contribution >= 4 is 64.2 Å². The van der Waals surface area contributed by atoms with Crippen molar-refractivity contribution in [2.75, 3.05) is 42.4 Å². The highest BCUT2D eigenvalue weighted by Gasteiger charge is 2.38. The Bertz CT molecular complexity index is 3090. The van der Waals surface area contributed by atoms with Gasteiger partial charge < -0.3 is 44.5 Å². The summed E-state index contributed by atoms with van der Waals surface area (Å²) in [5.74, 6) is -0.307. The molecule has 0 unspecified atom stereocenters. The molecule has 4 aliphatic heterocycles. The molecule has 4 atom stereocenters. The maximum Gasteiger partial charge on any atom is 0.258 e. The normalized spacial score (nSPS) is 16.9. The zero-order valence-corrected chi connectivity index (χ0v) is 43.7. The van der Waals surface area contributed by atoms with Crippen LogP contribution in [0.5, 0.6) is 17.2 Å². The topological polar surface area (TPSA) is 176 Å². The monoisotopic (exact) mass is 1010 g/mol. The number of likely N-dealkylation sites (N-methyl/N-ethyl adjacent to an activating group) is 1. The van der Waals surface area contributed by atoms with Crippen LogP contribution in [0.3, 0.4) is 0 Å². The third-order valence-electron chi connectivity index (χ3n) is 14.7. The van der Waals surface area contributed by atoms with Gasteiger partial charge in [-0.3, -0.25) is 28.8 Å². The van der Waals surface area contributed by atoms with E-state index in [-0.39, 0.29) is 73.3 Å². The van der Waals surface area contributed by atoms with Gasteiger partial charge >= 0.3 is 0 Å². The Morgan fingerprint density at radius 3 is 2.16 bits per heavy atom. The number of nitrogens with one attached hydrogen (secondary N) is 3. The molecule has 390 valence electrons. The number of carbonyl (C=O) groups excluding carboxylic acids is 6. The van der Waals surface area contributed by atoms with Crippen LogP contribution in [0.25, 0.3) is 0 Å². The highest BCUT2D eigenvalue weighted by Crippen LogP contribution is 2.42. The number of hydrogen-bond donors (Lipinski definition) is 3. The number of ketones is 2. The number of nitrogens with zero attached hydrogens (tertiary/aromatic N) is 3. The molecule has 0 aromatic heterocycles. The summed E-state index contributed by atoms with van der Waals surface area (Å²) < 4.78 is 20.8. The summed E-state index contributed by atoms with van der Waals surface area (Å²) in [5, 5.41) is 8.77. The standard InChI is InChI=1S/C60H66N6O9/c1-7-61-32-47(67)16-10-13-19-57(69)62-38(4)53(68)23-37(3)58(70)63-44-25-39(34-74-54-31-52-49(22-36(54)2)60(72)66-46(33-64(52)5)28-43-15-9-12-18-51(43)66)24-40(26-44)35-75-56-29-41-20-21-45-27-42-14-8-11-17-50(42)65(45)59(71)48(41)30-55(56)73-6/h8-9,11-12,14-15,17-18,22,24-26,29-31,37-38,45-46,61H,7,10,13,16,19-21,23,27-28,32,34-35H2,1-6H3,(H,62,69)(H,63,70)/t37-,38+,45-,46+/m1/s1. The highest BCUT2D eigenvalue weighted by molar-refractivity contribution is 6.13. The number of rotatable bonds is 21. The summed E-state index contributed by atoms with van der Waals surface area (Å²) in [5.41, 5.74) is 9.43. The Morgan fingerprint density at radius 1 is 0.773 bits per heavy atom. The van der Waals surface area contributed by atoms with Crippen LogP contribution >= 0.6 is 0 Å². The summed E-state index contributed by atoms with van der Waals surface area (Å²) in [6, 6.07) is 28.0. The van der Waals surface area contributed by atoms with E-state index in [1.165, 1.54) is 5.56 Å². The number of anilines is 3. The van der Waals surface area contributed by atoms with Gasteiger partial charge in [-0.1, -0.05) is 56.3 Å². The second kappa shape index (κ2) is 22.9. The molecule has 0 fully saturated rings. The van der Waals surface area contributed by atoms with Crippen LogP contribution in [-0.4, -0.2) is 91.4 Å². The van der Waals surface area contributed by atoms with Crippen molar-refractivity contribution in [1.82, 2.24) is 10.6 Å². The van der Waals surface area contributed by atoms with Crippen molar-refractivity contribution in [1.29, 1.82) is 0 Å². The molecule has 0 spiro atoms. The molecule has 15 heteroatoms. The van der Waals surface area contributed by atoms with Crippen LogP contribution in [0, 0.1) is 12.8 Å². The molecule has 15 nitrogen and oxygen atoms in total. The number of para-hydroxylation sites is 2. The number of aryl methyl sites for hydroxylation is 2. The van der Waals surface area contributed by atoms with Crippen molar-refractivity contribution < 1.29 is 47.6 Å². The van der Waals surface area contributed by atoms with Gasteiger partial charge in [-0.05, 0) is 141 Å². The molecule has 5 aromatic carbocycles. The lowest BCUT2D eigenvalue weighted by Gasteiger charge is -2.23. The van der Waals surface area contributed by atoms with Crippen LogP contribution in [0.4, 0.5) is 22.7 Å². The van der Waals surface area contributed by atoms with Gasteiger partial charge in [0.1, 0.15) is 31.8 Å². The van der Waals surface area contributed by atoms with E-state index in [1.54, 1.807) is 27.0 Å². The molecule has 4 heterocycles. The minimum absolute atomic E-state index is 0.0599. The number of ether oxygens (including phenoxy) is 3. The lowest BCUT2D eigenvalue weighted by Crippen LogP contribution is -2.39. The molecule has 0 saturated carbocycles. The van der Waals surface area contributed by atoms with Crippen LogP contribution in [0.15, 0.2) is 91.0 Å². The Kier molecular flexibility index (Phi) is 15.9. The smallest absolute Gasteiger partial charge is 0.258 e. The fraction of sp³-hybridized carbons (Fsp3) is 0.383. The quantitative estimate of drug-likeness (QED) is 0.0369. The Labute approximate surface area is 438 Å². The maximum absolute atomic E-state index is 14.2. The largest absolute Gasteiger partial charge is 0.493 e. The summed E-state index contributed by atoms with van der Waals surface area (Å²) >= 11 is 0. The Hall–Kier alpha value is -7.65. The third-order valence-corrected chi connectivity index (χ3v) is 14.7. The molecule has 4 aliphatic rings. The van der Waals surface area contributed by atoms with Crippen LogP contribution in [-0.2, 0) is 51.7 Å². The molecular formula is C60H66N6O9. The first-order valence-corrected chi connectivity index (χ1v) is 26.1. The number of methoxy groups -OCH3 is 1. The second-order valence-electron chi connectivity index (χ2n) is 20.2. The van der Waals surface area contributed by atoms with Gasteiger partial charge in [0.15, 0.2) is 17.3 Å². The number of carbonyl (C=O) groups is 6. The van der Waals surface area contributed by atoms with E-state index >= 15 is 0 Å². The van der Waals surface area contributed by atoms with E-state index in [1.807, 2.05) is 114 Å². The molecule has 0 radical (unpaired) electrons. The molecule has 3 N–H and O–H groups in total. The van der Waals surface area contributed by atoms with Crippen LogP contribution < -0.4 is 40.0 Å². The second-order valence-corrected chi connectivity index (χ2v) is 20.2.